The topological polar surface area (TPSA) is 84.7 Å². The number of likely N-dealkylation sites (N-methyl/N-ethyl adjacent to an activating group) is 1. The molecule has 0 spiro atoms. The Balaban J connectivity index is 1.94. The van der Waals surface area contributed by atoms with Crippen molar-refractivity contribution in [3.8, 4) is 5.75 Å². The second-order valence-electron chi connectivity index (χ2n) is 6.13. The molecule has 1 aliphatic rings. The highest BCUT2D eigenvalue weighted by atomic mass is 16.5. The van der Waals surface area contributed by atoms with Crippen LogP contribution in [0.4, 0.5) is 5.69 Å². The van der Waals surface area contributed by atoms with Crippen LogP contribution < -0.4 is 15.8 Å². The first-order valence-electron chi connectivity index (χ1n) is 7.95. The first-order chi connectivity index (χ1) is 11.0. The number of carbonyl (C=O) groups is 2. The SMILES string of the molecule is CN(C)C(=O)COc1cccc(NC(=O)[C@@H]2CCC[C@@H]2CN)c1. The van der Waals surface area contributed by atoms with E-state index < -0.39 is 0 Å². The van der Waals surface area contributed by atoms with E-state index in [1.165, 1.54) is 4.90 Å². The molecule has 6 heteroatoms. The number of benzene rings is 1. The number of rotatable bonds is 6. The smallest absolute Gasteiger partial charge is 0.259 e. The highest BCUT2D eigenvalue weighted by Gasteiger charge is 2.31. The van der Waals surface area contributed by atoms with Gasteiger partial charge >= 0.3 is 0 Å². The number of carbonyl (C=O) groups excluding carboxylic acids is 2. The average molecular weight is 319 g/mol. The molecular weight excluding hydrogens is 294 g/mol. The van der Waals surface area contributed by atoms with Crippen LogP contribution in [0.3, 0.4) is 0 Å². The largest absolute Gasteiger partial charge is 0.484 e. The summed E-state index contributed by atoms with van der Waals surface area (Å²) in [4.78, 5) is 25.4. The second kappa shape index (κ2) is 7.97. The molecular formula is C17H25N3O3. The lowest BCUT2D eigenvalue weighted by atomic mass is 9.95. The quantitative estimate of drug-likeness (QED) is 0.831. The summed E-state index contributed by atoms with van der Waals surface area (Å²) in [5, 5.41) is 2.93. The zero-order valence-corrected chi connectivity index (χ0v) is 13.7. The summed E-state index contributed by atoms with van der Waals surface area (Å²) >= 11 is 0. The maximum Gasteiger partial charge on any atom is 0.259 e. The average Bonchev–Trinajstić information content (AvgIpc) is 3.01. The molecule has 126 valence electrons. The normalized spacial score (nSPS) is 20.1. The summed E-state index contributed by atoms with van der Waals surface area (Å²) in [6, 6.07) is 7.09. The van der Waals surface area contributed by atoms with Gasteiger partial charge in [0.1, 0.15) is 5.75 Å². The van der Waals surface area contributed by atoms with Crippen LogP contribution in [0.15, 0.2) is 24.3 Å². The Morgan fingerprint density at radius 2 is 2.13 bits per heavy atom. The molecule has 23 heavy (non-hydrogen) atoms. The molecule has 2 amide bonds. The molecule has 1 aromatic carbocycles. The first kappa shape index (κ1) is 17.3. The summed E-state index contributed by atoms with van der Waals surface area (Å²) in [5.41, 5.74) is 6.41. The Kier molecular flexibility index (Phi) is 5.98. The van der Waals surface area contributed by atoms with Crippen molar-refractivity contribution < 1.29 is 14.3 Å². The van der Waals surface area contributed by atoms with Crippen molar-refractivity contribution in [2.75, 3.05) is 32.6 Å². The number of hydrogen-bond donors (Lipinski definition) is 2. The van der Waals surface area contributed by atoms with E-state index in [4.69, 9.17) is 10.5 Å². The maximum absolute atomic E-state index is 12.4. The number of nitrogens with two attached hydrogens (primary N) is 1. The molecule has 0 bridgehead atoms. The Labute approximate surface area is 137 Å². The summed E-state index contributed by atoms with van der Waals surface area (Å²) in [6.45, 7) is 0.524. The molecule has 0 radical (unpaired) electrons. The van der Waals surface area contributed by atoms with E-state index in [9.17, 15) is 9.59 Å². The van der Waals surface area contributed by atoms with E-state index in [0.29, 0.717) is 18.0 Å². The van der Waals surface area contributed by atoms with Gasteiger partial charge in [0.15, 0.2) is 6.61 Å². The van der Waals surface area contributed by atoms with Gasteiger partial charge < -0.3 is 20.7 Å². The number of anilines is 1. The van der Waals surface area contributed by atoms with Crippen molar-refractivity contribution in [2.24, 2.45) is 17.6 Å². The maximum atomic E-state index is 12.4. The van der Waals surface area contributed by atoms with Crippen LogP contribution in [0.2, 0.25) is 0 Å². The number of nitrogens with zero attached hydrogens (tertiary/aromatic N) is 1. The third-order valence-corrected chi connectivity index (χ3v) is 4.26. The monoisotopic (exact) mass is 319 g/mol. The van der Waals surface area contributed by atoms with Crippen LogP contribution in [-0.4, -0.2) is 44.0 Å². The molecule has 1 fully saturated rings. The number of nitrogens with one attached hydrogen (secondary N) is 1. The van der Waals surface area contributed by atoms with Crippen LogP contribution in [-0.2, 0) is 9.59 Å². The van der Waals surface area contributed by atoms with E-state index in [2.05, 4.69) is 5.32 Å². The van der Waals surface area contributed by atoms with Crippen LogP contribution >= 0.6 is 0 Å². The van der Waals surface area contributed by atoms with Crippen LogP contribution in [0, 0.1) is 11.8 Å². The van der Waals surface area contributed by atoms with Gasteiger partial charge in [0.05, 0.1) is 0 Å². The van der Waals surface area contributed by atoms with Crippen molar-refractivity contribution >= 4 is 17.5 Å². The molecule has 1 aromatic rings. The lowest BCUT2D eigenvalue weighted by Gasteiger charge is -2.17. The Morgan fingerprint density at radius 3 is 2.83 bits per heavy atom. The summed E-state index contributed by atoms with van der Waals surface area (Å²) in [7, 11) is 3.36. The van der Waals surface area contributed by atoms with E-state index in [1.54, 1.807) is 32.3 Å². The Bertz CT molecular complexity index is 560. The van der Waals surface area contributed by atoms with Gasteiger partial charge in [0.2, 0.25) is 5.91 Å². The van der Waals surface area contributed by atoms with Gasteiger partial charge in [0.25, 0.3) is 5.91 Å². The van der Waals surface area contributed by atoms with Gasteiger partial charge in [-0.05, 0) is 37.4 Å². The van der Waals surface area contributed by atoms with E-state index >= 15 is 0 Å². The highest BCUT2D eigenvalue weighted by molar-refractivity contribution is 5.93. The minimum atomic E-state index is -0.115. The van der Waals surface area contributed by atoms with Crippen molar-refractivity contribution in [3.63, 3.8) is 0 Å². The standard InChI is InChI=1S/C17H25N3O3/c1-20(2)16(21)11-23-14-7-4-6-13(9-14)19-17(22)15-8-3-5-12(15)10-18/h4,6-7,9,12,15H,3,5,8,10-11,18H2,1-2H3,(H,19,22)/t12-,15-/m1/s1. The molecule has 0 heterocycles. The molecule has 0 aliphatic heterocycles. The number of amides is 2. The summed E-state index contributed by atoms with van der Waals surface area (Å²) in [5.74, 6) is 0.711. The van der Waals surface area contributed by atoms with Gasteiger partial charge in [-0.2, -0.15) is 0 Å². The molecule has 0 saturated heterocycles. The summed E-state index contributed by atoms with van der Waals surface area (Å²) < 4.78 is 5.46. The first-order valence-corrected chi connectivity index (χ1v) is 7.95. The van der Waals surface area contributed by atoms with Crippen molar-refractivity contribution in [2.45, 2.75) is 19.3 Å². The minimum absolute atomic E-state index is 0.0134. The fourth-order valence-electron chi connectivity index (χ4n) is 2.84. The van der Waals surface area contributed by atoms with E-state index in [1.807, 2.05) is 6.07 Å². The Morgan fingerprint density at radius 1 is 1.35 bits per heavy atom. The highest BCUT2D eigenvalue weighted by Crippen LogP contribution is 2.32. The Hall–Kier alpha value is -2.08. The van der Waals surface area contributed by atoms with Gasteiger partial charge in [-0.3, -0.25) is 9.59 Å². The van der Waals surface area contributed by atoms with Crippen LogP contribution in [0.5, 0.6) is 5.75 Å². The predicted octanol–water partition coefficient (Wildman–Crippen LogP) is 1.47. The third kappa shape index (κ3) is 4.69. The molecule has 2 rings (SSSR count). The van der Waals surface area contributed by atoms with Crippen molar-refractivity contribution in [1.29, 1.82) is 0 Å². The molecule has 6 nitrogen and oxygen atoms in total. The fourth-order valence-corrected chi connectivity index (χ4v) is 2.84. The number of ether oxygens (including phenoxy) is 1. The van der Waals surface area contributed by atoms with Gasteiger partial charge in [-0.15, -0.1) is 0 Å². The van der Waals surface area contributed by atoms with Gasteiger partial charge in [-0.1, -0.05) is 12.5 Å². The molecule has 0 unspecified atom stereocenters. The van der Waals surface area contributed by atoms with E-state index in [-0.39, 0.29) is 30.3 Å². The third-order valence-electron chi connectivity index (χ3n) is 4.26. The van der Waals surface area contributed by atoms with Gasteiger partial charge in [0, 0.05) is 31.8 Å². The van der Waals surface area contributed by atoms with Crippen molar-refractivity contribution in [3.05, 3.63) is 24.3 Å². The zero-order valence-electron chi connectivity index (χ0n) is 13.7. The second-order valence-corrected chi connectivity index (χ2v) is 6.13. The van der Waals surface area contributed by atoms with E-state index in [0.717, 1.165) is 19.3 Å². The molecule has 2 atom stereocenters. The zero-order chi connectivity index (χ0) is 16.8. The van der Waals surface area contributed by atoms with Gasteiger partial charge in [-0.25, -0.2) is 0 Å². The molecule has 3 N–H and O–H groups in total. The minimum Gasteiger partial charge on any atom is -0.484 e. The lowest BCUT2D eigenvalue weighted by molar-refractivity contribution is -0.130. The van der Waals surface area contributed by atoms with Crippen molar-refractivity contribution in [1.82, 2.24) is 4.90 Å². The lowest BCUT2D eigenvalue weighted by Crippen LogP contribution is -2.29. The number of hydrogen-bond acceptors (Lipinski definition) is 4. The van der Waals surface area contributed by atoms with Crippen LogP contribution in [0.25, 0.3) is 0 Å². The van der Waals surface area contributed by atoms with Crippen LogP contribution in [0.1, 0.15) is 19.3 Å². The molecule has 1 saturated carbocycles. The summed E-state index contributed by atoms with van der Waals surface area (Å²) in [6.07, 6.45) is 2.96. The molecule has 0 aromatic heterocycles. The fraction of sp³-hybridized carbons (Fsp3) is 0.529. The molecule has 1 aliphatic carbocycles. The predicted molar refractivity (Wildman–Crippen MR) is 89.1 cm³/mol.